The number of rotatable bonds is 4. The summed E-state index contributed by atoms with van der Waals surface area (Å²) in [5.41, 5.74) is 3.53. The third-order valence-electron chi connectivity index (χ3n) is 5.51. The Hall–Kier alpha value is -3.49. The van der Waals surface area contributed by atoms with Gasteiger partial charge < -0.3 is 14.6 Å². The van der Waals surface area contributed by atoms with Crippen LogP contribution in [0.4, 0.5) is 13.2 Å². The predicted octanol–water partition coefficient (Wildman–Crippen LogP) is 4.62. The van der Waals surface area contributed by atoms with Crippen LogP contribution in [0.15, 0.2) is 42.5 Å². The summed E-state index contributed by atoms with van der Waals surface area (Å²) in [5, 5.41) is 3.84. The van der Waals surface area contributed by atoms with Gasteiger partial charge >= 0.3 is 6.36 Å². The molecule has 31 heavy (non-hydrogen) atoms. The predicted molar refractivity (Wildman–Crippen MR) is 109 cm³/mol. The zero-order valence-corrected chi connectivity index (χ0v) is 16.8. The molecule has 6 nitrogen and oxygen atoms in total. The average molecular weight is 428 g/mol. The second kappa shape index (κ2) is 6.76. The number of aryl methyl sites for hydroxylation is 2. The molecule has 1 fully saturated rings. The number of nitrogens with one attached hydrogen (secondary N) is 1. The largest absolute Gasteiger partial charge is 0.573 e. The van der Waals surface area contributed by atoms with Gasteiger partial charge in [0.05, 0.1) is 11.0 Å². The molecule has 2 aromatic heterocycles. The molecule has 1 aliphatic carbocycles. The lowest BCUT2D eigenvalue weighted by atomic mass is 10.1. The number of amides is 1. The maximum atomic E-state index is 12.5. The average Bonchev–Trinajstić information content (AvgIpc) is 3.40. The van der Waals surface area contributed by atoms with Crippen molar-refractivity contribution in [1.82, 2.24) is 19.4 Å². The molecule has 2 aromatic carbocycles. The molecule has 0 bridgehead atoms. The van der Waals surface area contributed by atoms with Gasteiger partial charge in [-0.2, -0.15) is 0 Å². The van der Waals surface area contributed by atoms with Crippen LogP contribution in [0.5, 0.6) is 5.75 Å². The summed E-state index contributed by atoms with van der Waals surface area (Å²) in [4.78, 5) is 17.2. The van der Waals surface area contributed by atoms with E-state index in [4.69, 9.17) is 0 Å². The Labute approximate surface area is 175 Å². The number of ether oxygens (including phenoxy) is 1. The molecule has 1 aliphatic rings. The highest BCUT2D eigenvalue weighted by molar-refractivity contribution is 6.09. The Kier molecular flexibility index (Phi) is 4.25. The van der Waals surface area contributed by atoms with Crippen molar-refractivity contribution in [2.45, 2.75) is 32.2 Å². The van der Waals surface area contributed by atoms with Crippen LogP contribution in [0.3, 0.4) is 0 Å². The number of carbonyl (C=O) groups excluding carboxylic acids is 1. The molecule has 0 aliphatic heterocycles. The fourth-order valence-corrected chi connectivity index (χ4v) is 3.78. The molecule has 0 radical (unpaired) electrons. The lowest BCUT2D eigenvalue weighted by Gasteiger charge is -2.11. The summed E-state index contributed by atoms with van der Waals surface area (Å²) < 4.78 is 45.3. The first-order valence-electron chi connectivity index (χ1n) is 9.86. The van der Waals surface area contributed by atoms with Crippen LogP contribution in [0.1, 0.15) is 29.0 Å². The topological polar surface area (TPSA) is 61.1 Å². The zero-order valence-electron chi connectivity index (χ0n) is 16.8. The highest BCUT2D eigenvalue weighted by Gasteiger charge is 2.31. The van der Waals surface area contributed by atoms with Gasteiger partial charge in [-0.05, 0) is 62.2 Å². The van der Waals surface area contributed by atoms with E-state index in [1.807, 2.05) is 35.2 Å². The second-order valence-corrected chi connectivity index (χ2v) is 7.75. The van der Waals surface area contributed by atoms with E-state index in [1.165, 1.54) is 12.1 Å². The Morgan fingerprint density at radius 1 is 1.16 bits per heavy atom. The van der Waals surface area contributed by atoms with Gasteiger partial charge in [0.25, 0.3) is 5.91 Å². The van der Waals surface area contributed by atoms with Crippen LogP contribution in [0.2, 0.25) is 0 Å². The van der Waals surface area contributed by atoms with E-state index < -0.39 is 6.36 Å². The number of hydrogen-bond donors (Lipinski definition) is 1. The monoisotopic (exact) mass is 428 g/mol. The molecule has 9 heteroatoms. The minimum absolute atomic E-state index is 0.113. The van der Waals surface area contributed by atoms with Crippen molar-refractivity contribution in [2.24, 2.45) is 7.05 Å². The number of aromatic nitrogens is 3. The van der Waals surface area contributed by atoms with E-state index >= 15 is 0 Å². The molecule has 1 N–H and O–H groups in total. The normalized spacial score (nSPS) is 14.4. The molecule has 0 saturated heterocycles. The van der Waals surface area contributed by atoms with Gasteiger partial charge in [-0.1, -0.05) is 0 Å². The van der Waals surface area contributed by atoms with Crippen LogP contribution < -0.4 is 10.1 Å². The standard InChI is InChI=1S/C22H19F3N4O2/c1-12-26-20-19(28(12)2)17-11-13(21(30)27-14-4-5-14)3-10-18(17)29(20)15-6-8-16(9-7-15)31-22(23,24)25/h3,6-11,14H,4-5H2,1-2H3,(H,27,30). The minimum atomic E-state index is -4.75. The maximum Gasteiger partial charge on any atom is 0.573 e. The molecule has 0 unspecified atom stereocenters. The number of alkyl halides is 3. The first-order chi connectivity index (χ1) is 14.7. The Morgan fingerprint density at radius 3 is 2.52 bits per heavy atom. The fraction of sp³-hybridized carbons (Fsp3) is 0.273. The highest BCUT2D eigenvalue weighted by atomic mass is 19.4. The third-order valence-corrected chi connectivity index (χ3v) is 5.51. The smallest absolute Gasteiger partial charge is 0.406 e. The van der Waals surface area contributed by atoms with Crippen LogP contribution in [-0.4, -0.2) is 32.4 Å². The second-order valence-electron chi connectivity index (χ2n) is 7.75. The van der Waals surface area contributed by atoms with Crippen molar-refractivity contribution in [3.8, 4) is 11.4 Å². The number of halogens is 3. The molecule has 1 saturated carbocycles. The van der Waals surface area contributed by atoms with Crippen LogP contribution >= 0.6 is 0 Å². The molecule has 0 atom stereocenters. The van der Waals surface area contributed by atoms with Crippen LogP contribution in [0, 0.1) is 6.92 Å². The summed E-state index contributed by atoms with van der Waals surface area (Å²) in [6.07, 6.45) is -2.74. The molecule has 4 aromatic rings. The van der Waals surface area contributed by atoms with Crippen LogP contribution in [-0.2, 0) is 7.05 Å². The van der Waals surface area contributed by atoms with Crippen molar-refractivity contribution >= 4 is 28.0 Å². The summed E-state index contributed by atoms with van der Waals surface area (Å²) in [6.45, 7) is 1.88. The maximum absolute atomic E-state index is 12.5. The fourth-order valence-electron chi connectivity index (χ4n) is 3.78. The van der Waals surface area contributed by atoms with Gasteiger partial charge in [0.15, 0.2) is 5.65 Å². The first kappa shape index (κ1) is 19.5. The van der Waals surface area contributed by atoms with Gasteiger partial charge in [0.2, 0.25) is 0 Å². The van der Waals surface area contributed by atoms with Crippen molar-refractivity contribution in [1.29, 1.82) is 0 Å². The van der Waals surface area contributed by atoms with Gasteiger partial charge in [0, 0.05) is 29.7 Å². The van der Waals surface area contributed by atoms with E-state index in [9.17, 15) is 18.0 Å². The van der Waals surface area contributed by atoms with E-state index in [0.717, 1.165) is 35.1 Å². The van der Waals surface area contributed by atoms with Gasteiger partial charge in [0.1, 0.15) is 11.6 Å². The Balaban J connectivity index is 1.64. The molecule has 2 heterocycles. The highest BCUT2D eigenvalue weighted by Crippen LogP contribution is 2.34. The summed E-state index contributed by atoms with van der Waals surface area (Å²) in [5.74, 6) is 0.378. The first-order valence-corrected chi connectivity index (χ1v) is 9.86. The number of fused-ring (bicyclic) bond motifs is 3. The molecule has 160 valence electrons. The lowest BCUT2D eigenvalue weighted by Crippen LogP contribution is -2.25. The molecular weight excluding hydrogens is 409 g/mol. The Bertz CT molecular complexity index is 1320. The lowest BCUT2D eigenvalue weighted by molar-refractivity contribution is -0.274. The number of carbonyl (C=O) groups is 1. The van der Waals surface area contributed by atoms with Gasteiger partial charge in [-0.15, -0.1) is 13.2 Å². The summed E-state index contributed by atoms with van der Waals surface area (Å²) in [7, 11) is 1.89. The summed E-state index contributed by atoms with van der Waals surface area (Å²) in [6, 6.07) is 11.3. The molecular formula is C22H19F3N4O2. The SMILES string of the molecule is Cc1nc2c(c3cc(C(=O)NC4CC4)ccc3n2-c2ccc(OC(F)(F)F)cc2)n1C. The van der Waals surface area contributed by atoms with E-state index in [2.05, 4.69) is 15.0 Å². The van der Waals surface area contributed by atoms with Crippen LogP contribution in [0.25, 0.3) is 27.8 Å². The quantitative estimate of drug-likeness (QED) is 0.516. The summed E-state index contributed by atoms with van der Waals surface area (Å²) >= 11 is 0. The van der Waals surface area contributed by atoms with E-state index in [1.54, 1.807) is 18.2 Å². The van der Waals surface area contributed by atoms with E-state index in [0.29, 0.717) is 16.9 Å². The Morgan fingerprint density at radius 2 is 1.87 bits per heavy atom. The molecule has 0 spiro atoms. The van der Waals surface area contributed by atoms with Crippen molar-refractivity contribution < 1.29 is 22.7 Å². The minimum Gasteiger partial charge on any atom is -0.406 e. The van der Waals surface area contributed by atoms with Crippen molar-refractivity contribution in [3.63, 3.8) is 0 Å². The number of hydrogen-bond acceptors (Lipinski definition) is 3. The molecule has 5 rings (SSSR count). The number of benzene rings is 2. The van der Waals surface area contributed by atoms with Crippen molar-refractivity contribution in [2.75, 3.05) is 0 Å². The van der Waals surface area contributed by atoms with Gasteiger partial charge in [-0.25, -0.2) is 4.98 Å². The number of imidazole rings is 1. The van der Waals surface area contributed by atoms with Crippen molar-refractivity contribution in [3.05, 3.63) is 53.9 Å². The third kappa shape index (κ3) is 3.49. The van der Waals surface area contributed by atoms with E-state index in [-0.39, 0.29) is 17.7 Å². The molecule has 1 amide bonds. The number of nitrogens with zero attached hydrogens (tertiary/aromatic N) is 3. The zero-order chi connectivity index (χ0) is 21.9. The van der Waals surface area contributed by atoms with Gasteiger partial charge in [-0.3, -0.25) is 9.36 Å².